The first-order valence-corrected chi connectivity index (χ1v) is 13.2. The number of piperidine rings is 1. The number of ether oxygens (including phenoxy) is 3. The first-order chi connectivity index (χ1) is 18.6. The minimum absolute atomic E-state index is 0.203. The Morgan fingerprint density at radius 3 is 2.45 bits per heavy atom. The second-order valence-corrected chi connectivity index (χ2v) is 9.95. The normalized spacial score (nSPS) is 16.8. The van der Waals surface area contributed by atoms with E-state index in [1.807, 2.05) is 42.5 Å². The molecule has 0 aliphatic carbocycles. The molecule has 2 aliphatic heterocycles. The zero-order valence-corrected chi connectivity index (χ0v) is 21.5. The van der Waals surface area contributed by atoms with Crippen molar-refractivity contribution in [2.75, 3.05) is 33.4 Å². The molecule has 6 rings (SSSR count). The van der Waals surface area contributed by atoms with Gasteiger partial charge in [0, 0.05) is 17.7 Å². The van der Waals surface area contributed by atoms with E-state index in [1.54, 1.807) is 19.2 Å². The number of methoxy groups -OCH3 is 1. The molecular weight excluding hydrogens is 478 g/mol. The van der Waals surface area contributed by atoms with Gasteiger partial charge in [-0.2, -0.15) is 0 Å². The molecule has 2 aliphatic rings. The molecule has 38 heavy (non-hydrogen) atoms. The number of carboxylic acids is 1. The van der Waals surface area contributed by atoms with Crippen LogP contribution in [-0.4, -0.2) is 49.3 Å². The Bertz CT molecular complexity index is 1470. The summed E-state index contributed by atoms with van der Waals surface area (Å²) in [6.07, 6.45) is 3.48. The van der Waals surface area contributed by atoms with E-state index in [4.69, 9.17) is 14.2 Å². The number of hydrogen-bond donors (Lipinski definition) is 1. The minimum atomic E-state index is -0.976. The average molecular weight is 510 g/mol. The van der Waals surface area contributed by atoms with Crippen LogP contribution in [0.3, 0.4) is 0 Å². The lowest BCUT2D eigenvalue weighted by atomic mass is 9.85. The SMILES string of the molecule is COc1ccc2c3c(ccc2c1)-c1ccc(C(=O)O)cc1OC3c1ccc(OCCN2CCCCC2)cc1. The van der Waals surface area contributed by atoms with Gasteiger partial charge in [0.05, 0.1) is 12.7 Å². The molecule has 6 nitrogen and oxygen atoms in total. The minimum Gasteiger partial charge on any atom is -0.497 e. The van der Waals surface area contributed by atoms with Gasteiger partial charge in [0.25, 0.3) is 0 Å². The van der Waals surface area contributed by atoms with Crippen molar-refractivity contribution in [3.8, 4) is 28.4 Å². The summed E-state index contributed by atoms with van der Waals surface area (Å²) < 4.78 is 18.1. The van der Waals surface area contributed by atoms with Crippen LogP contribution in [-0.2, 0) is 0 Å². The third kappa shape index (κ3) is 4.68. The highest BCUT2D eigenvalue weighted by Gasteiger charge is 2.30. The first kappa shape index (κ1) is 24.3. The molecule has 0 bridgehead atoms. The van der Waals surface area contributed by atoms with Crippen molar-refractivity contribution in [1.82, 2.24) is 4.90 Å². The van der Waals surface area contributed by atoms with Crippen molar-refractivity contribution in [3.05, 3.63) is 89.5 Å². The predicted octanol–water partition coefficient (Wildman–Crippen LogP) is 6.56. The van der Waals surface area contributed by atoms with Crippen LogP contribution in [0, 0.1) is 0 Å². The summed E-state index contributed by atoms with van der Waals surface area (Å²) in [5.41, 5.74) is 4.15. The van der Waals surface area contributed by atoms with E-state index in [0.717, 1.165) is 64.2 Å². The molecule has 1 N–H and O–H groups in total. The number of nitrogens with zero attached hydrogens (tertiary/aromatic N) is 1. The molecule has 4 aromatic carbocycles. The molecule has 1 unspecified atom stereocenters. The lowest BCUT2D eigenvalue weighted by molar-refractivity contribution is 0.0696. The Labute approximate surface area is 222 Å². The summed E-state index contributed by atoms with van der Waals surface area (Å²) in [5.74, 6) is 1.22. The van der Waals surface area contributed by atoms with Gasteiger partial charge in [-0.15, -0.1) is 0 Å². The number of likely N-dealkylation sites (tertiary alicyclic amines) is 1. The maximum atomic E-state index is 11.7. The molecule has 1 saturated heterocycles. The van der Waals surface area contributed by atoms with Gasteiger partial charge in [-0.1, -0.05) is 36.8 Å². The Morgan fingerprint density at radius 1 is 0.921 bits per heavy atom. The van der Waals surface area contributed by atoms with Crippen molar-refractivity contribution >= 4 is 16.7 Å². The highest BCUT2D eigenvalue weighted by molar-refractivity contribution is 5.96. The summed E-state index contributed by atoms with van der Waals surface area (Å²) >= 11 is 0. The number of carbonyl (C=O) groups is 1. The zero-order valence-electron chi connectivity index (χ0n) is 21.5. The Morgan fingerprint density at radius 2 is 1.68 bits per heavy atom. The second kappa shape index (κ2) is 10.4. The van der Waals surface area contributed by atoms with E-state index in [0.29, 0.717) is 12.4 Å². The van der Waals surface area contributed by atoms with Crippen molar-refractivity contribution < 1.29 is 24.1 Å². The number of carboxylic acid groups (broad SMARTS) is 1. The quantitative estimate of drug-likeness (QED) is 0.304. The van der Waals surface area contributed by atoms with Gasteiger partial charge in [0.2, 0.25) is 0 Å². The van der Waals surface area contributed by atoms with E-state index in [1.165, 1.54) is 19.3 Å². The van der Waals surface area contributed by atoms with Crippen LogP contribution in [0.5, 0.6) is 17.2 Å². The smallest absolute Gasteiger partial charge is 0.335 e. The molecule has 1 atom stereocenters. The molecule has 0 saturated carbocycles. The van der Waals surface area contributed by atoms with Crippen LogP contribution in [0.25, 0.3) is 21.9 Å². The van der Waals surface area contributed by atoms with Crippen LogP contribution < -0.4 is 14.2 Å². The number of rotatable bonds is 7. The predicted molar refractivity (Wildman–Crippen MR) is 148 cm³/mol. The fraction of sp³-hybridized carbons (Fsp3) is 0.281. The van der Waals surface area contributed by atoms with Gasteiger partial charge in [0.15, 0.2) is 6.10 Å². The Kier molecular flexibility index (Phi) is 6.64. The Hall–Kier alpha value is -4.03. The lowest BCUT2D eigenvalue weighted by Gasteiger charge is -2.31. The van der Waals surface area contributed by atoms with Crippen molar-refractivity contribution in [3.63, 3.8) is 0 Å². The second-order valence-electron chi connectivity index (χ2n) is 9.95. The van der Waals surface area contributed by atoms with Crippen molar-refractivity contribution in [1.29, 1.82) is 0 Å². The zero-order chi connectivity index (χ0) is 26.1. The third-order valence-corrected chi connectivity index (χ3v) is 7.60. The van der Waals surface area contributed by atoms with Crippen LogP contribution >= 0.6 is 0 Å². The van der Waals surface area contributed by atoms with Gasteiger partial charge in [-0.25, -0.2) is 4.79 Å². The molecule has 0 amide bonds. The molecule has 4 aromatic rings. The maximum Gasteiger partial charge on any atom is 0.335 e. The van der Waals surface area contributed by atoms with Crippen molar-refractivity contribution in [2.24, 2.45) is 0 Å². The first-order valence-electron chi connectivity index (χ1n) is 13.2. The molecule has 0 spiro atoms. The number of aromatic carboxylic acids is 1. The van der Waals surface area contributed by atoms with Gasteiger partial charge < -0.3 is 19.3 Å². The van der Waals surface area contributed by atoms with Gasteiger partial charge >= 0.3 is 5.97 Å². The number of benzene rings is 4. The van der Waals surface area contributed by atoms with Crippen LogP contribution in [0.15, 0.2) is 72.8 Å². The van der Waals surface area contributed by atoms with Crippen LogP contribution in [0.4, 0.5) is 0 Å². The molecule has 2 heterocycles. The Balaban J connectivity index is 1.34. The van der Waals surface area contributed by atoms with E-state index >= 15 is 0 Å². The number of hydrogen-bond acceptors (Lipinski definition) is 5. The van der Waals surface area contributed by atoms with Gasteiger partial charge in [0.1, 0.15) is 23.9 Å². The van der Waals surface area contributed by atoms with E-state index in [9.17, 15) is 9.90 Å². The van der Waals surface area contributed by atoms with E-state index < -0.39 is 12.1 Å². The summed E-state index contributed by atoms with van der Waals surface area (Å²) in [6, 6.07) is 23.4. The molecule has 0 radical (unpaired) electrons. The van der Waals surface area contributed by atoms with E-state index in [-0.39, 0.29) is 5.56 Å². The van der Waals surface area contributed by atoms with Crippen LogP contribution in [0.1, 0.15) is 46.9 Å². The highest BCUT2D eigenvalue weighted by Crippen LogP contribution is 2.48. The monoisotopic (exact) mass is 509 g/mol. The molecule has 194 valence electrons. The molecule has 6 heteroatoms. The summed E-state index contributed by atoms with van der Waals surface area (Å²) in [5, 5.41) is 11.7. The number of fused-ring (bicyclic) bond motifs is 5. The standard InChI is InChI=1S/C32H31NO5/c1-36-25-11-14-26-22(19-25)7-13-28-27-12-8-23(32(34)35)20-29(27)38-31(30(26)28)21-5-9-24(10-6-21)37-18-17-33-15-3-2-4-16-33/h5-14,19-20,31H,2-4,15-18H2,1H3,(H,34,35). The van der Waals surface area contributed by atoms with Crippen molar-refractivity contribution in [2.45, 2.75) is 25.4 Å². The van der Waals surface area contributed by atoms with Crippen LogP contribution in [0.2, 0.25) is 0 Å². The van der Waals surface area contributed by atoms with Gasteiger partial charge in [-0.3, -0.25) is 4.90 Å². The maximum absolute atomic E-state index is 11.7. The fourth-order valence-electron chi connectivity index (χ4n) is 5.59. The summed E-state index contributed by atoms with van der Waals surface area (Å²) in [7, 11) is 1.66. The molecule has 0 aromatic heterocycles. The molecule has 1 fully saturated rings. The molecular formula is C32H31NO5. The third-order valence-electron chi connectivity index (χ3n) is 7.60. The largest absolute Gasteiger partial charge is 0.497 e. The fourth-order valence-corrected chi connectivity index (χ4v) is 5.59. The van der Waals surface area contributed by atoms with E-state index in [2.05, 4.69) is 23.1 Å². The summed E-state index contributed by atoms with van der Waals surface area (Å²) in [6.45, 7) is 3.93. The topological polar surface area (TPSA) is 68.2 Å². The highest BCUT2D eigenvalue weighted by atomic mass is 16.5. The lowest BCUT2D eigenvalue weighted by Crippen LogP contribution is -2.33. The average Bonchev–Trinajstić information content (AvgIpc) is 2.96. The van der Waals surface area contributed by atoms with Gasteiger partial charge in [-0.05, 0) is 90.3 Å². The summed E-state index contributed by atoms with van der Waals surface area (Å²) in [4.78, 5) is 14.1.